The number of hydrogen-bond acceptors (Lipinski definition) is 4. The van der Waals surface area contributed by atoms with Crippen molar-refractivity contribution in [1.82, 2.24) is 0 Å². The van der Waals surface area contributed by atoms with Crippen LogP contribution in [0.2, 0.25) is 5.02 Å². The minimum absolute atomic E-state index is 0.275. The highest BCUT2D eigenvalue weighted by molar-refractivity contribution is 6.32. The van der Waals surface area contributed by atoms with Gasteiger partial charge in [-0.05, 0) is 43.9 Å². The van der Waals surface area contributed by atoms with Crippen LogP contribution in [-0.4, -0.2) is 18.5 Å². The van der Waals surface area contributed by atoms with Crippen LogP contribution in [0, 0.1) is 12.3 Å². The van der Waals surface area contributed by atoms with Crippen molar-refractivity contribution >= 4 is 23.5 Å². The van der Waals surface area contributed by atoms with Crippen LogP contribution in [0.3, 0.4) is 0 Å². The summed E-state index contributed by atoms with van der Waals surface area (Å²) in [4.78, 5) is 25.5. The van der Waals surface area contributed by atoms with Gasteiger partial charge in [0.15, 0.2) is 5.41 Å². The third kappa shape index (κ3) is 6.84. The quantitative estimate of drug-likeness (QED) is 0.181. The molecule has 0 saturated carbocycles. The van der Waals surface area contributed by atoms with Crippen molar-refractivity contribution in [3.8, 4) is 5.75 Å². The van der Waals surface area contributed by atoms with Gasteiger partial charge in [-0.15, -0.1) is 0 Å². The predicted octanol–water partition coefficient (Wildman–Crippen LogP) is 6.26. The molecular weight excluding hydrogens is 364 g/mol. The first-order chi connectivity index (χ1) is 12.9. The molecule has 4 nitrogen and oxygen atoms in total. The molecule has 0 unspecified atom stereocenters. The van der Waals surface area contributed by atoms with E-state index < -0.39 is 17.4 Å². The van der Waals surface area contributed by atoms with Crippen molar-refractivity contribution in [2.24, 2.45) is 5.41 Å². The molecule has 0 aliphatic rings. The summed E-state index contributed by atoms with van der Waals surface area (Å²) < 4.78 is 10.9. The first kappa shape index (κ1) is 23.5. The number of benzene rings is 1. The highest BCUT2D eigenvalue weighted by Crippen LogP contribution is 2.33. The van der Waals surface area contributed by atoms with E-state index in [1.54, 1.807) is 26.0 Å². The van der Waals surface area contributed by atoms with Crippen molar-refractivity contribution in [2.45, 2.75) is 79.1 Å². The van der Waals surface area contributed by atoms with Crippen LogP contribution in [0.25, 0.3) is 0 Å². The normalized spacial score (nSPS) is 11.3. The first-order valence-electron chi connectivity index (χ1n) is 10.1. The number of rotatable bonds is 12. The molecule has 0 fully saturated rings. The van der Waals surface area contributed by atoms with Crippen LogP contribution < -0.4 is 4.74 Å². The zero-order valence-corrected chi connectivity index (χ0v) is 17.9. The average molecular weight is 397 g/mol. The third-order valence-electron chi connectivity index (χ3n) is 5.01. The predicted molar refractivity (Wildman–Crippen MR) is 109 cm³/mol. The smallest absolute Gasteiger partial charge is 0.328 e. The van der Waals surface area contributed by atoms with E-state index in [1.807, 2.05) is 13.0 Å². The van der Waals surface area contributed by atoms with E-state index in [9.17, 15) is 9.59 Å². The second-order valence-corrected chi connectivity index (χ2v) is 7.42. The highest BCUT2D eigenvalue weighted by Gasteiger charge is 2.46. The van der Waals surface area contributed by atoms with E-state index in [4.69, 9.17) is 21.1 Å². The van der Waals surface area contributed by atoms with Gasteiger partial charge in [0.25, 0.3) is 0 Å². The molecule has 0 radical (unpaired) electrons. The molecule has 0 spiro atoms. The Balaban J connectivity index is 2.68. The Morgan fingerprint density at radius 3 is 2.22 bits per heavy atom. The standard InChI is InChI=1S/C22H33ClO4/c1-5-8-9-10-11-12-15-26-20(24)22(6-2,7-3)21(25)27-19-16-17(4)13-14-18(19)23/h13-14,16H,5-12,15H2,1-4H3. The molecule has 0 saturated heterocycles. The third-order valence-corrected chi connectivity index (χ3v) is 5.32. The van der Waals surface area contributed by atoms with Gasteiger partial charge >= 0.3 is 11.9 Å². The molecule has 0 aliphatic heterocycles. The number of ether oxygens (including phenoxy) is 2. The summed E-state index contributed by atoms with van der Waals surface area (Å²) in [6, 6.07) is 5.20. The molecule has 1 rings (SSSR count). The van der Waals surface area contributed by atoms with Crippen LogP contribution in [0.1, 0.15) is 77.7 Å². The molecule has 0 aromatic heterocycles. The molecular formula is C22H33ClO4. The second kappa shape index (κ2) is 12.0. The first-order valence-corrected chi connectivity index (χ1v) is 10.4. The van der Waals surface area contributed by atoms with Gasteiger partial charge in [-0.2, -0.15) is 0 Å². The van der Waals surface area contributed by atoms with Crippen LogP contribution in [0.5, 0.6) is 5.75 Å². The highest BCUT2D eigenvalue weighted by atomic mass is 35.5. The molecule has 1 aromatic carbocycles. The number of carbonyl (C=O) groups is 2. The Kier molecular flexibility index (Phi) is 10.5. The van der Waals surface area contributed by atoms with Gasteiger partial charge in [0.1, 0.15) is 5.75 Å². The number of esters is 2. The molecule has 5 heteroatoms. The molecule has 0 heterocycles. The maximum absolute atomic E-state index is 12.8. The van der Waals surface area contributed by atoms with Crippen molar-refractivity contribution in [2.75, 3.05) is 6.61 Å². The van der Waals surface area contributed by atoms with Crippen LogP contribution in [0.4, 0.5) is 0 Å². The second-order valence-electron chi connectivity index (χ2n) is 7.02. The summed E-state index contributed by atoms with van der Waals surface area (Å²) in [5, 5.41) is 0.343. The summed E-state index contributed by atoms with van der Waals surface area (Å²) in [6.45, 7) is 8.00. The largest absolute Gasteiger partial charge is 0.465 e. The van der Waals surface area contributed by atoms with Crippen LogP contribution in [-0.2, 0) is 14.3 Å². The summed E-state index contributed by atoms with van der Waals surface area (Å²) in [5.41, 5.74) is -0.374. The van der Waals surface area contributed by atoms with Crippen molar-refractivity contribution < 1.29 is 19.1 Å². The van der Waals surface area contributed by atoms with E-state index in [0.717, 1.165) is 24.8 Å². The van der Waals surface area contributed by atoms with Gasteiger partial charge in [-0.25, -0.2) is 0 Å². The number of hydrogen-bond donors (Lipinski definition) is 0. The maximum atomic E-state index is 12.8. The lowest BCUT2D eigenvalue weighted by Gasteiger charge is -2.27. The lowest BCUT2D eigenvalue weighted by molar-refractivity contribution is -0.168. The average Bonchev–Trinajstić information content (AvgIpc) is 2.65. The van der Waals surface area contributed by atoms with E-state index in [0.29, 0.717) is 24.5 Å². The fourth-order valence-electron chi connectivity index (χ4n) is 2.98. The van der Waals surface area contributed by atoms with Gasteiger partial charge in [0, 0.05) is 0 Å². The fourth-order valence-corrected chi connectivity index (χ4v) is 3.14. The molecule has 1 aromatic rings. The van der Waals surface area contributed by atoms with E-state index in [-0.39, 0.29) is 5.75 Å². The Hall–Kier alpha value is -1.55. The van der Waals surface area contributed by atoms with Crippen LogP contribution >= 0.6 is 11.6 Å². The molecule has 0 amide bonds. The number of aryl methyl sites for hydroxylation is 1. The molecule has 0 atom stereocenters. The van der Waals surface area contributed by atoms with Crippen molar-refractivity contribution in [1.29, 1.82) is 0 Å². The van der Waals surface area contributed by atoms with Crippen molar-refractivity contribution in [3.63, 3.8) is 0 Å². The molecule has 27 heavy (non-hydrogen) atoms. The summed E-state index contributed by atoms with van der Waals surface area (Å²) in [6.07, 6.45) is 7.29. The Morgan fingerprint density at radius 2 is 1.59 bits per heavy atom. The summed E-state index contributed by atoms with van der Waals surface area (Å²) in [7, 11) is 0. The fraction of sp³-hybridized carbons (Fsp3) is 0.636. The van der Waals surface area contributed by atoms with Crippen LogP contribution in [0.15, 0.2) is 18.2 Å². The number of unbranched alkanes of at least 4 members (excludes halogenated alkanes) is 5. The lowest BCUT2D eigenvalue weighted by atomic mass is 9.82. The van der Waals surface area contributed by atoms with Gasteiger partial charge < -0.3 is 9.47 Å². The summed E-state index contributed by atoms with van der Waals surface area (Å²) >= 11 is 6.12. The minimum Gasteiger partial charge on any atom is -0.465 e. The number of carbonyl (C=O) groups excluding carboxylic acids is 2. The zero-order valence-electron chi connectivity index (χ0n) is 17.1. The Labute approximate surface area is 168 Å². The SMILES string of the molecule is CCCCCCCCOC(=O)C(CC)(CC)C(=O)Oc1cc(C)ccc1Cl. The minimum atomic E-state index is -1.30. The lowest BCUT2D eigenvalue weighted by Crippen LogP contribution is -2.42. The summed E-state index contributed by atoms with van der Waals surface area (Å²) in [5.74, 6) is -0.834. The van der Waals surface area contributed by atoms with E-state index >= 15 is 0 Å². The Morgan fingerprint density at radius 1 is 0.963 bits per heavy atom. The van der Waals surface area contributed by atoms with Gasteiger partial charge in [0.2, 0.25) is 0 Å². The van der Waals surface area contributed by atoms with Gasteiger partial charge in [0.05, 0.1) is 11.6 Å². The van der Waals surface area contributed by atoms with Gasteiger partial charge in [-0.1, -0.05) is 70.5 Å². The van der Waals surface area contributed by atoms with Gasteiger partial charge in [-0.3, -0.25) is 9.59 Å². The maximum Gasteiger partial charge on any atom is 0.328 e. The van der Waals surface area contributed by atoms with E-state index in [1.165, 1.54) is 19.3 Å². The Bertz CT molecular complexity index is 608. The number of halogens is 1. The molecule has 0 bridgehead atoms. The molecule has 0 aliphatic carbocycles. The van der Waals surface area contributed by atoms with Crippen molar-refractivity contribution in [3.05, 3.63) is 28.8 Å². The van der Waals surface area contributed by atoms with E-state index in [2.05, 4.69) is 6.92 Å². The topological polar surface area (TPSA) is 52.6 Å². The monoisotopic (exact) mass is 396 g/mol. The zero-order chi connectivity index (χ0) is 20.3. The molecule has 0 N–H and O–H groups in total. The molecule has 152 valence electrons.